The molecule has 0 aliphatic carbocycles. The molecular formula is C26H31FN2O4. The minimum atomic E-state index is -0.792. The number of Topliss-reactive ketones (excluding diaryl/α,β-unsaturated/α-hetero) is 1. The van der Waals surface area contributed by atoms with Gasteiger partial charge >= 0.3 is 0 Å². The van der Waals surface area contributed by atoms with E-state index in [9.17, 15) is 19.1 Å². The summed E-state index contributed by atoms with van der Waals surface area (Å²) in [6.45, 7) is 6.77. The van der Waals surface area contributed by atoms with Crippen molar-refractivity contribution in [3.8, 4) is 5.75 Å². The van der Waals surface area contributed by atoms with Crippen LogP contribution in [0.4, 0.5) is 4.39 Å². The zero-order chi connectivity index (χ0) is 24.3. The van der Waals surface area contributed by atoms with E-state index in [0.29, 0.717) is 29.8 Å². The molecule has 1 amide bonds. The van der Waals surface area contributed by atoms with Gasteiger partial charge in [-0.1, -0.05) is 12.1 Å². The summed E-state index contributed by atoms with van der Waals surface area (Å²) in [7, 11) is 3.86. The predicted molar refractivity (Wildman–Crippen MR) is 126 cm³/mol. The molecule has 1 aliphatic heterocycles. The van der Waals surface area contributed by atoms with E-state index in [1.54, 1.807) is 30.3 Å². The molecule has 3 rings (SSSR count). The number of benzene rings is 2. The zero-order valence-corrected chi connectivity index (χ0v) is 19.8. The van der Waals surface area contributed by atoms with Crippen molar-refractivity contribution in [2.45, 2.75) is 39.3 Å². The summed E-state index contributed by atoms with van der Waals surface area (Å²) in [6.07, 6.45) is 0.645. The Balaban J connectivity index is 2.07. The highest BCUT2D eigenvalue weighted by Crippen LogP contribution is 2.40. The molecule has 6 nitrogen and oxygen atoms in total. The quantitative estimate of drug-likeness (QED) is 0.366. The lowest BCUT2D eigenvalue weighted by Crippen LogP contribution is -2.32. The average Bonchev–Trinajstić information content (AvgIpc) is 2.99. The summed E-state index contributed by atoms with van der Waals surface area (Å²) in [6, 6.07) is 10.0. The second kappa shape index (κ2) is 10.2. The molecule has 1 aliphatic rings. The number of hydrogen-bond acceptors (Lipinski definition) is 5. The molecule has 2 aromatic rings. The van der Waals surface area contributed by atoms with Crippen LogP contribution in [0.3, 0.4) is 0 Å². The van der Waals surface area contributed by atoms with Gasteiger partial charge in [0.15, 0.2) is 0 Å². The van der Waals surface area contributed by atoms with Crippen molar-refractivity contribution in [3.63, 3.8) is 0 Å². The van der Waals surface area contributed by atoms with Gasteiger partial charge in [-0.3, -0.25) is 9.59 Å². The number of ketones is 1. The van der Waals surface area contributed by atoms with E-state index >= 15 is 0 Å². The first-order valence-electron chi connectivity index (χ1n) is 11.1. The van der Waals surface area contributed by atoms with Gasteiger partial charge in [0, 0.05) is 12.1 Å². The summed E-state index contributed by atoms with van der Waals surface area (Å²) in [4.78, 5) is 29.5. The fourth-order valence-electron chi connectivity index (χ4n) is 4.00. The Bertz CT molecular complexity index is 1060. The Morgan fingerprint density at radius 1 is 1.15 bits per heavy atom. The number of aliphatic hydroxyl groups is 1. The van der Waals surface area contributed by atoms with Gasteiger partial charge in [0.1, 0.15) is 17.3 Å². The van der Waals surface area contributed by atoms with Crippen LogP contribution < -0.4 is 4.74 Å². The smallest absolute Gasteiger partial charge is 0.295 e. The topological polar surface area (TPSA) is 70.1 Å². The van der Waals surface area contributed by atoms with Crippen molar-refractivity contribution in [3.05, 3.63) is 70.5 Å². The van der Waals surface area contributed by atoms with Crippen LogP contribution in [0.5, 0.6) is 5.75 Å². The predicted octanol–water partition coefficient (Wildman–Crippen LogP) is 4.29. The number of carbonyl (C=O) groups is 2. The van der Waals surface area contributed by atoms with Crippen molar-refractivity contribution in [2.75, 3.05) is 27.2 Å². The van der Waals surface area contributed by atoms with E-state index in [4.69, 9.17) is 4.74 Å². The SMILES string of the molecule is Cc1cc(/C(O)=C2/C(=O)C(=O)N(CCCN(C)C)C2c2ccc(F)cc2)ccc1OC(C)C. The summed E-state index contributed by atoms with van der Waals surface area (Å²) < 4.78 is 19.3. The number of carbonyl (C=O) groups excluding carboxylic acids is 2. The number of likely N-dealkylation sites (tertiary alicyclic amines) is 1. The minimum absolute atomic E-state index is 0.00545. The van der Waals surface area contributed by atoms with Crippen LogP contribution in [0, 0.1) is 12.7 Å². The van der Waals surface area contributed by atoms with Crippen LogP contribution in [0.1, 0.15) is 43.0 Å². The van der Waals surface area contributed by atoms with E-state index in [1.807, 2.05) is 39.8 Å². The van der Waals surface area contributed by atoms with Crippen LogP contribution in [0.25, 0.3) is 5.76 Å². The van der Waals surface area contributed by atoms with Gasteiger partial charge in [-0.15, -0.1) is 0 Å². The van der Waals surface area contributed by atoms with E-state index < -0.39 is 23.5 Å². The molecule has 1 heterocycles. The Morgan fingerprint density at radius 3 is 2.39 bits per heavy atom. The molecular weight excluding hydrogens is 423 g/mol. The highest BCUT2D eigenvalue weighted by Gasteiger charge is 2.45. The number of rotatable bonds is 8. The van der Waals surface area contributed by atoms with Crippen LogP contribution in [0.15, 0.2) is 48.0 Å². The van der Waals surface area contributed by atoms with Crippen molar-refractivity contribution in [2.24, 2.45) is 0 Å². The normalized spacial score (nSPS) is 17.9. The number of aliphatic hydroxyl groups excluding tert-OH is 1. The number of ether oxygens (including phenoxy) is 1. The third-order valence-electron chi connectivity index (χ3n) is 5.54. The van der Waals surface area contributed by atoms with Crippen LogP contribution in [0.2, 0.25) is 0 Å². The first-order valence-corrected chi connectivity index (χ1v) is 11.1. The molecule has 0 radical (unpaired) electrons. The molecule has 176 valence electrons. The summed E-state index contributed by atoms with van der Waals surface area (Å²) >= 11 is 0. The lowest BCUT2D eigenvalue weighted by atomic mass is 9.94. The monoisotopic (exact) mass is 454 g/mol. The van der Waals surface area contributed by atoms with Crippen molar-refractivity contribution in [1.82, 2.24) is 9.80 Å². The molecule has 1 atom stereocenters. The molecule has 7 heteroatoms. The minimum Gasteiger partial charge on any atom is -0.507 e. The fraction of sp³-hybridized carbons (Fsp3) is 0.385. The second-order valence-corrected chi connectivity index (χ2v) is 8.85. The fourth-order valence-corrected chi connectivity index (χ4v) is 4.00. The molecule has 0 bridgehead atoms. The Hall–Kier alpha value is -3.19. The molecule has 1 unspecified atom stereocenters. The molecule has 0 saturated carbocycles. The summed E-state index contributed by atoms with van der Waals surface area (Å²) in [5.74, 6) is -1.40. The van der Waals surface area contributed by atoms with Gasteiger partial charge in [0.05, 0.1) is 17.7 Å². The number of amides is 1. The lowest BCUT2D eigenvalue weighted by Gasteiger charge is -2.26. The zero-order valence-electron chi connectivity index (χ0n) is 19.8. The summed E-state index contributed by atoms with van der Waals surface area (Å²) in [5.41, 5.74) is 1.79. The van der Waals surface area contributed by atoms with E-state index in [-0.39, 0.29) is 17.4 Å². The van der Waals surface area contributed by atoms with Gasteiger partial charge in [0.25, 0.3) is 11.7 Å². The van der Waals surface area contributed by atoms with Gasteiger partial charge in [-0.25, -0.2) is 4.39 Å². The third-order valence-corrected chi connectivity index (χ3v) is 5.54. The Labute approximate surface area is 194 Å². The number of aryl methyl sites for hydroxylation is 1. The van der Waals surface area contributed by atoms with Crippen molar-refractivity contribution < 1.29 is 23.8 Å². The molecule has 0 aromatic heterocycles. The number of halogens is 1. The molecule has 33 heavy (non-hydrogen) atoms. The van der Waals surface area contributed by atoms with E-state index in [2.05, 4.69) is 0 Å². The van der Waals surface area contributed by atoms with Gasteiger partial charge in [-0.2, -0.15) is 0 Å². The molecule has 1 fully saturated rings. The van der Waals surface area contributed by atoms with E-state index in [1.165, 1.54) is 17.0 Å². The van der Waals surface area contributed by atoms with Gasteiger partial charge in [0.2, 0.25) is 0 Å². The standard InChI is InChI=1S/C26H31FN2O4/c1-16(2)33-21-12-9-19(15-17(21)3)24(30)22-23(18-7-10-20(27)11-8-18)29(26(32)25(22)31)14-6-13-28(4)5/h7-12,15-16,23,30H,6,13-14H2,1-5H3/b24-22-. The largest absolute Gasteiger partial charge is 0.507 e. The highest BCUT2D eigenvalue weighted by atomic mass is 19.1. The third kappa shape index (κ3) is 5.42. The molecule has 0 spiro atoms. The number of hydrogen-bond donors (Lipinski definition) is 1. The molecule has 1 N–H and O–H groups in total. The van der Waals surface area contributed by atoms with Crippen molar-refractivity contribution >= 4 is 17.4 Å². The lowest BCUT2D eigenvalue weighted by molar-refractivity contribution is -0.139. The maximum absolute atomic E-state index is 13.6. The Kier molecular flexibility index (Phi) is 7.53. The van der Waals surface area contributed by atoms with E-state index in [0.717, 1.165) is 12.1 Å². The number of nitrogens with zero attached hydrogens (tertiary/aromatic N) is 2. The van der Waals surface area contributed by atoms with Crippen molar-refractivity contribution in [1.29, 1.82) is 0 Å². The first kappa shape index (κ1) is 24.5. The van der Waals surface area contributed by atoms with Crippen LogP contribution in [-0.4, -0.2) is 59.9 Å². The molecule has 1 saturated heterocycles. The second-order valence-electron chi connectivity index (χ2n) is 8.85. The average molecular weight is 455 g/mol. The van der Waals surface area contributed by atoms with Gasteiger partial charge in [-0.05, 0) is 89.3 Å². The molecule has 2 aromatic carbocycles. The van der Waals surface area contributed by atoms with Crippen LogP contribution in [-0.2, 0) is 9.59 Å². The maximum atomic E-state index is 13.6. The Morgan fingerprint density at radius 2 is 1.82 bits per heavy atom. The first-order chi connectivity index (χ1) is 15.6. The maximum Gasteiger partial charge on any atom is 0.295 e. The summed E-state index contributed by atoms with van der Waals surface area (Å²) in [5, 5.41) is 11.2. The highest BCUT2D eigenvalue weighted by molar-refractivity contribution is 6.46. The van der Waals surface area contributed by atoms with Gasteiger partial charge < -0.3 is 19.6 Å². The van der Waals surface area contributed by atoms with Crippen LogP contribution >= 0.6 is 0 Å².